The number of fused-ring (bicyclic) bond motifs is 1. The van der Waals surface area contributed by atoms with E-state index in [1.807, 2.05) is 6.07 Å². The molecule has 0 radical (unpaired) electrons. The van der Waals surface area contributed by atoms with Crippen LogP contribution >= 0.6 is 23.1 Å². The lowest BCUT2D eigenvalue weighted by atomic mass is 10.3. The standard InChI is InChI=1S/C9H9NOS2/c1-2-12-9-10-7-4-3-6(11)5-8(7)13-9/h3-5,11H,2H2,1H3. The van der Waals surface area contributed by atoms with Crippen LogP contribution in [0.25, 0.3) is 10.2 Å². The van der Waals surface area contributed by atoms with Gasteiger partial charge in [0.1, 0.15) is 5.75 Å². The molecule has 0 atom stereocenters. The van der Waals surface area contributed by atoms with Crippen LogP contribution in [0.15, 0.2) is 22.5 Å². The number of hydrogen-bond acceptors (Lipinski definition) is 4. The molecule has 2 aromatic rings. The van der Waals surface area contributed by atoms with Crippen molar-refractivity contribution >= 4 is 33.3 Å². The van der Waals surface area contributed by atoms with Crippen molar-refractivity contribution in [3.05, 3.63) is 18.2 Å². The Bertz CT molecular complexity index is 424. The average molecular weight is 211 g/mol. The maximum absolute atomic E-state index is 9.24. The first-order chi connectivity index (χ1) is 6.29. The highest BCUT2D eigenvalue weighted by Gasteiger charge is 2.03. The number of nitrogens with zero attached hydrogens (tertiary/aromatic N) is 1. The largest absolute Gasteiger partial charge is 0.508 e. The number of benzene rings is 1. The van der Waals surface area contributed by atoms with Gasteiger partial charge in [0.05, 0.1) is 10.2 Å². The minimum Gasteiger partial charge on any atom is -0.508 e. The second-order valence-electron chi connectivity index (χ2n) is 2.56. The monoisotopic (exact) mass is 211 g/mol. The average Bonchev–Trinajstić information content (AvgIpc) is 2.46. The molecule has 0 aliphatic heterocycles. The van der Waals surface area contributed by atoms with E-state index in [-0.39, 0.29) is 0 Å². The van der Waals surface area contributed by atoms with Crippen LogP contribution in [0.3, 0.4) is 0 Å². The van der Waals surface area contributed by atoms with Gasteiger partial charge in [-0.15, -0.1) is 11.3 Å². The molecule has 0 spiro atoms. The second kappa shape index (κ2) is 3.55. The highest BCUT2D eigenvalue weighted by atomic mass is 32.2. The smallest absolute Gasteiger partial charge is 0.151 e. The summed E-state index contributed by atoms with van der Waals surface area (Å²) in [5, 5.41) is 9.24. The fraction of sp³-hybridized carbons (Fsp3) is 0.222. The van der Waals surface area contributed by atoms with Gasteiger partial charge >= 0.3 is 0 Å². The van der Waals surface area contributed by atoms with Gasteiger partial charge in [0.25, 0.3) is 0 Å². The van der Waals surface area contributed by atoms with Crippen molar-refractivity contribution in [1.82, 2.24) is 4.98 Å². The minimum atomic E-state index is 0.309. The van der Waals surface area contributed by atoms with Crippen LogP contribution in [-0.2, 0) is 0 Å². The fourth-order valence-electron chi connectivity index (χ4n) is 1.08. The van der Waals surface area contributed by atoms with Gasteiger partial charge in [-0.25, -0.2) is 4.98 Å². The molecule has 0 aliphatic carbocycles. The van der Waals surface area contributed by atoms with Gasteiger partial charge in [0.15, 0.2) is 4.34 Å². The van der Waals surface area contributed by atoms with E-state index in [0.717, 1.165) is 20.3 Å². The van der Waals surface area contributed by atoms with Crippen molar-refractivity contribution in [3.63, 3.8) is 0 Å². The van der Waals surface area contributed by atoms with Gasteiger partial charge in [-0.05, 0) is 24.0 Å². The zero-order valence-corrected chi connectivity index (χ0v) is 8.78. The van der Waals surface area contributed by atoms with Crippen LogP contribution in [0, 0.1) is 0 Å². The zero-order valence-electron chi connectivity index (χ0n) is 7.15. The van der Waals surface area contributed by atoms with Gasteiger partial charge in [-0.3, -0.25) is 0 Å². The summed E-state index contributed by atoms with van der Waals surface area (Å²) in [6.45, 7) is 2.11. The quantitative estimate of drug-likeness (QED) is 0.775. The lowest BCUT2D eigenvalue weighted by Gasteiger charge is -1.87. The molecule has 0 saturated heterocycles. The van der Waals surface area contributed by atoms with Crippen molar-refractivity contribution < 1.29 is 5.11 Å². The van der Waals surface area contributed by atoms with E-state index in [0.29, 0.717) is 5.75 Å². The fourth-order valence-corrected chi connectivity index (χ4v) is 3.08. The van der Waals surface area contributed by atoms with Gasteiger partial charge in [0.2, 0.25) is 0 Å². The van der Waals surface area contributed by atoms with E-state index in [1.54, 1.807) is 35.2 Å². The first kappa shape index (κ1) is 8.84. The topological polar surface area (TPSA) is 33.1 Å². The molecule has 4 heteroatoms. The molecular weight excluding hydrogens is 202 g/mol. The predicted octanol–water partition coefficient (Wildman–Crippen LogP) is 3.11. The van der Waals surface area contributed by atoms with Crippen LogP contribution in [0.5, 0.6) is 5.75 Å². The van der Waals surface area contributed by atoms with Crippen molar-refractivity contribution in [1.29, 1.82) is 0 Å². The van der Waals surface area contributed by atoms with Crippen LogP contribution < -0.4 is 0 Å². The first-order valence-electron chi connectivity index (χ1n) is 4.02. The Hall–Kier alpha value is -0.740. The Balaban J connectivity index is 2.49. The Kier molecular flexibility index (Phi) is 2.42. The number of phenolic OH excluding ortho intramolecular Hbond substituents is 1. The van der Waals surface area contributed by atoms with E-state index in [9.17, 15) is 5.11 Å². The van der Waals surface area contributed by atoms with Gasteiger partial charge in [-0.2, -0.15) is 0 Å². The number of hydrogen-bond donors (Lipinski definition) is 1. The maximum atomic E-state index is 9.24. The van der Waals surface area contributed by atoms with Crippen molar-refractivity contribution in [3.8, 4) is 5.75 Å². The molecule has 0 bridgehead atoms. The Morgan fingerprint density at radius 1 is 1.54 bits per heavy atom. The predicted molar refractivity (Wildman–Crippen MR) is 57.7 cm³/mol. The molecule has 0 unspecified atom stereocenters. The number of thioether (sulfide) groups is 1. The van der Waals surface area contributed by atoms with Gasteiger partial charge in [0, 0.05) is 0 Å². The normalized spacial score (nSPS) is 10.8. The number of aromatic hydroxyl groups is 1. The third-order valence-corrected chi connectivity index (χ3v) is 3.66. The molecule has 0 amide bonds. The Morgan fingerprint density at radius 3 is 3.15 bits per heavy atom. The third-order valence-electron chi connectivity index (χ3n) is 1.62. The summed E-state index contributed by atoms with van der Waals surface area (Å²) in [7, 11) is 0. The highest BCUT2D eigenvalue weighted by Crippen LogP contribution is 2.31. The number of phenols is 1. The molecule has 2 rings (SSSR count). The van der Waals surface area contributed by atoms with Gasteiger partial charge < -0.3 is 5.11 Å². The van der Waals surface area contributed by atoms with Gasteiger partial charge in [-0.1, -0.05) is 18.7 Å². The molecule has 1 heterocycles. The molecule has 0 saturated carbocycles. The molecule has 1 N–H and O–H groups in total. The summed E-state index contributed by atoms with van der Waals surface area (Å²) >= 11 is 3.36. The van der Waals surface area contributed by atoms with Crippen molar-refractivity contribution in [2.75, 3.05) is 5.75 Å². The molecular formula is C9H9NOS2. The molecule has 0 fully saturated rings. The summed E-state index contributed by atoms with van der Waals surface area (Å²) < 4.78 is 2.12. The minimum absolute atomic E-state index is 0.309. The first-order valence-corrected chi connectivity index (χ1v) is 5.82. The number of aromatic nitrogens is 1. The van der Waals surface area contributed by atoms with Crippen molar-refractivity contribution in [2.24, 2.45) is 0 Å². The summed E-state index contributed by atoms with van der Waals surface area (Å²) in [6, 6.07) is 5.27. The van der Waals surface area contributed by atoms with E-state index < -0.39 is 0 Å². The summed E-state index contributed by atoms with van der Waals surface area (Å²) in [6.07, 6.45) is 0. The summed E-state index contributed by atoms with van der Waals surface area (Å²) in [5.41, 5.74) is 0.971. The van der Waals surface area contributed by atoms with Crippen LogP contribution in [0.4, 0.5) is 0 Å². The second-order valence-corrected chi connectivity index (χ2v) is 5.11. The van der Waals surface area contributed by atoms with E-state index in [1.165, 1.54) is 0 Å². The van der Waals surface area contributed by atoms with Crippen LogP contribution in [0.2, 0.25) is 0 Å². The lowest BCUT2D eigenvalue weighted by Crippen LogP contribution is -1.69. The summed E-state index contributed by atoms with van der Waals surface area (Å²) in [4.78, 5) is 4.41. The zero-order chi connectivity index (χ0) is 9.26. The summed E-state index contributed by atoms with van der Waals surface area (Å²) in [5.74, 6) is 1.34. The SMILES string of the molecule is CCSc1nc2ccc(O)cc2s1. The highest BCUT2D eigenvalue weighted by molar-refractivity contribution is 8.01. The molecule has 13 heavy (non-hydrogen) atoms. The molecule has 1 aromatic heterocycles. The molecule has 0 aliphatic rings. The molecule has 2 nitrogen and oxygen atoms in total. The Morgan fingerprint density at radius 2 is 2.38 bits per heavy atom. The maximum Gasteiger partial charge on any atom is 0.151 e. The van der Waals surface area contributed by atoms with E-state index in [4.69, 9.17) is 0 Å². The van der Waals surface area contributed by atoms with Crippen LogP contribution in [0.1, 0.15) is 6.92 Å². The number of thiazole rings is 1. The lowest BCUT2D eigenvalue weighted by molar-refractivity contribution is 0.476. The Labute approximate surface area is 84.6 Å². The number of rotatable bonds is 2. The third kappa shape index (κ3) is 1.78. The van der Waals surface area contributed by atoms with Crippen LogP contribution in [-0.4, -0.2) is 15.8 Å². The van der Waals surface area contributed by atoms with E-state index >= 15 is 0 Å². The van der Waals surface area contributed by atoms with E-state index in [2.05, 4.69) is 11.9 Å². The molecule has 68 valence electrons. The van der Waals surface area contributed by atoms with Crippen molar-refractivity contribution in [2.45, 2.75) is 11.3 Å². The molecule has 1 aromatic carbocycles.